The Morgan fingerprint density at radius 3 is 1.65 bits per heavy atom. The zero-order chi connectivity index (χ0) is 16.9. The first-order valence-corrected chi connectivity index (χ1v) is 6.14. The van der Waals surface area contributed by atoms with Gasteiger partial charge in [0.15, 0.2) is 23.3 Å². The maximum atomic E-state index is 14.0. The molecule has 0 aromatic heterocycles. The van der Waals surface area contributed by atoms with E-state index in [1.54, 1.807) is 0 Å². The van der Waals surface area contributed by atoms with Crippen molar-refractivity contribution in [2.24, 2.45) is 0 Å². The number of hydrogen-bond donors (Lipinski definition) is 0. The number of rotatable bonds is 1. The van der Waals surface area contributed by atoms with E-state index < -0.39 is 46.3 Å². The van der Waals surface area contributed by atoms with E-state index in [9.17, 15) is 27.2 Å². The Hall–Kier alpha value is -3.21. The van der Waals surface area contributed by atoms with Crippen LogP contribution in [0.15, 0.2) is 24.3 Å². The molecule has 0 aliphatic carbocycles. The van der Waals surface area contributed by atoms with Gasteiger partial charge in [-0.2, -0.15) is 5.26 Å². The van der Waals surface area contributed by atoms with Crippen LogP contribution in [0.25, 0.3) is 0 Å². The molecule has 1 aliphatic heterocycles. The third-order valence-electron chi connectivity index (χ3n) is 3.37. The first-order valence-electron chi connectivity index (χ1n) is 6.14. The van der Waals surface area contributed by atoms with Gasteiger partial charge in [0.25, 0.3) is 11.8 Å². The number of fused-ring (bicyclic) bond motifs is 1. The van der Waals surface area contributed by atoms with Gasteiger partial charge in [-0.15, -0.1) is 0 Å². The van der Waals surface area contributed by atoms with Gasteiger partial charge in [-0.3, -0.25) is 9.59 Å². The van der Waals surface area contributed by atoms with Gasteiger partial charge in [-0.25, -0.2) is 22.5 Å². The lowest BCUT2D eigenvalue weighted by molar-refractivity contribution is 0.0923. The van der Waals surface area contributed by atoms with Crippen LogP contribution in [0.4, 0.5) is 23.2 Å². The van der Waals surface area contributed by atoms with E-state index in [1.165, 1.54) is 24.3 Å². The summed E-state index contributed by atoms with van der Waals surface area (Å²) in [5.74, 6) is -10.2. The molecule has 0 saturated carbocycles. The van der Waals surface area contributed by atoms with Crippen LogP contribution in [0, 0.1) is 34.6 Å². The Morgan fingerprint density at radius 2 is 1.26 bits per heavy atom. The maximum Gasteiger partial charge on any atom is 0.266 e. The van der Waals surface area contributed by atoms with Crippen molar-refractivity contribution in [3.8, 4) is 6.07 Å². The number of benzene rings is 2. The fourth-order valence-electron chi connectivity index (χ4n) is 2.31. The smallest absolute Gasteiger partial charge is 0.266 e. The second-order valence-electron chi connectivity index (χ2n) is 4.58. The molecule has 2 aromatic rings. The summed E-state index contributed by atoms with van der Waals surface area (Å²) in [5.41, 5.74) is -3.26. The second kappa shape index (κ2) is 4.91. The number of carbonyl (C=O) groups excluding carboxylic acids is 2. The molecule has 0 spiro atoms. The fourth-order valence-corrected chi connectivity index (χ4v) is 2.31. The molecule has 0 atom stereocenters. The summed E-state index contributed by atoms with van der Waals surface area (Å²) in [4.78, 5) is 24.3. The van der Waals surface area contributed by atoms with E-state index in [2.05, 4.69) is 0 Å². The molecule has 114 valence electrons. The molecule has 0 fully saturated rings. The van der Waals surface area contributed by atoms with Crippen LogP contribution in [0.1, 0.15) is 26.3 Å². The van der Waals surface area contributed by atoms with Gasteiger partial charge in [-0.1, -0.05) is 12.1 Å². The highest BCUT2D eigenvalue weighted by Crippen LogP contribution is 2.35. The van der Waals surface area contributed by atoms with Crippen LogP contribution >= 0.6 is 0 Å². The number of hydrogen-bond acceptors (Lipinski definition) is 3. The Bertz CT molecular complexity index is 870. The van der Waals surface area contributed by atoms with E-state index in [4.69, 9.17) is 5.26 Å². The van der Waals surface area contributed by atoms with Crippen LogP contribution in [0.2, 0.25) is 0 Å². The quantitative estimate of drug-likeness (QED) is 0.461. The Labute approximate surface area is 126 Å². The Balaban J connectivity index is 2.29. The van der Waals surface area contributed by atoms with Crippen molar-refractivity contribution in [3.63, 3.8) is 0 Å². The van der Waals surface area contributed by atoms with E-state index in [1.807, 2.05) is 0 Å². The van der Waals surface area contributed by atoms with Crippen LogP contribution in [0.5, 0.6) is 0 Å². The topological polar surface area (TPSA) is 61.2 Å². The van der Waals surface area contributed by atoms with Gasteiger partial charge < -0.3 is 0 Å². The number of imide groups is 1. The molecule has 2 aromatic carbocycles. The maximum absolute atomic E-state index is 14.0. The van der Waals surface area contributed by atoms with Gasteiger partial charge in [0, 0.05) is 0 Å². The predicted octanol–water partition coefficient (Wildman–Crippen LogP) is 2.92. The molecule has 0 N–H and O–H groups in total. The minimum Gasteiger partial charge on any atom is -0.268 e. The van der Waals surface area contributed by atoms with E-state index in [0.29, 0.717) is 0 Å². The lowest BCUT2D eigenvalue weighted by atomic mass is 10.1. The summed E-state index contributed by atoms with van der Waals surface area (Å²) in [5, 5.41) is 8.54. The molecule has 0 radical (unpaired) electrons. The largest absolute Gasteiger partial charge is 0.268 e. The average molecular weight is 320 g/mol. The van der Waals surface area contributed by atoms with Crippen molar-refractivity contribution in [1.82, 2.24) is 0 Å². The molecule has 0 bridgehead atoms. The third kappa shape index (κ3) is 1.83. The Morgan fingerprint density at radius 1 is 0.826 bits per heavy atom. The van der Waals surface area contributed by atoms with Gasteiger partial charge in [0.1, 0.15) is 17.3 Å². The SMILES string of the molecule is N#Cc1c(F)c(F)c(N2C(=O)c3ccccc3C2=O)c(F)c1F. The van der Waals surface area contributed by atoms with E-state index in [-0.39, 0.29) is 16.0 Å². The molecular formula is C15H4F4N2O2. The highest BCUT2D eigenvalue weighted by atomic mass is 19.2. The number of anilines is 1. The van der Waals surface area contributed by atoms with Gasteiger partial charge in [-0.05, 0) is 12.1 Å². The van der Waals surface area contributed by atoms with Crippen LogP contribution in [-0.4, -0.2) is 11.8 Å². The van der Waals surface area contributed by atoms with Crippen molar-refractivity contribution >= 4 is 17.5 Å². The highest BCUT2D eigenvalue weighted by Gasteiger charge is 2.41. The van der Waals surface area contributed by atoms with E-state index >= 15 is 0 Å². The van der Waals surface area contributed by atoms with Crippen molar-refractivity contribution in [2.45, 2.75) is 0 Å². The zero-order valence-electron chi connectivity index (χ0n) is 11.0. The molecule has 0 unspecified atom stereocenters. The minimum absolute atomic E-state index is 0.0165. The first kappa shape index (κ1) is 14.7. The van der Waals surface area contributed by atoms with Crippen LogP contribution < -0.4 is 4.90 Å². The summed E-state index contributed by atoms with van der Waals surface area (Å²) in [6, 6.07) is 6.29. The van der Waals surface area contributed by atoms with Gasteiger partial charge >= 0.3 is 0 Å². The molecule has 1 heterocycles. The second-order valence-corrected chi connectivity index (χ2v) is 4.58. The fraction of sp³-hybridized carbons (Fsp3) is 0. The van der Waals surface area contributed by atoms with Gasteiger partial charge in [0.2, 0.25) is 0 Å². The highest BCUT2D eigenvalue weighted by molar-refractivity contribution is 6.34. The summed E-state index contributed by atoms with van der Waals surface area (Å²) in [7, 11) is 0. The monoisotopic (exact) mass is 320 g/mol. The number of halogens is 4. The summed E-state index contributed by atoms with van der Waals surface area (Å²) in [6.45, 7) is 0. The van der Waals surface area contributed by atoms with Crippen molar-refractivity contribution in [2.75, 3.05) is 4.90 Å². The summed E-state index contributed by atoms with van der Waals surface area (Å²) < 4.78 is 55.4. The minimum atomic E-state index is -1.99. The Kier molecular flexibility index (Phi) is 3.14. The summed E-state index contributed by atoms with van der Waals surface area (Å²) in [6.07, 6.45) is 0. The number of nitriles is 1. The summed E-state index contributed by atoms with van der Waals surface area (Å²) >= 11 is 0. The average Bonchev–Trinajstić information content (AvgIpc) is 2.79. The van der Waals surface area contributed by atoms with Gasteiger partial charge in [0.05, 0.1) is 11.1 Å². The number of amides is 2. The molecule has 3 rings (SSSR count). The molecule has 0 saturated heterocycles. The molecule has 8 heteroatoms. The van der Waals surface area contributed by atoms with Crippen LogP contribution in [-0.2, 0) is 0 Å². The zero-order valence-corrected chi connectivity index (χ0v) is 11.0. The normalized spacial score (nSPS) is 13.3. The van der Waals surface area contributed by atoms with Crippen molar-refractivity contribution in [3.05, 3.63) is 64.2 Å². The molecule has 2 amide bonds. The molecule has 23 heavy (non-hydrogen) atoms. The molecule has 4 nitrogen and oxygen atoms in total. The van der Waals surface area contributed by atoms with Crippen molar-refractivity contribution in [1.29, 1.82) is 5.26 Å². The van der Waals surface area contributed by atoms with Crippen LogP contribution in [0.3, 0.4) is 0 Å². The van der Waals surface area contributed by atoms with E-state index in [0.717, 1.165) is 6.07 Å². The lowest BCUT2D eigenvalue weighted by Crippen LogP contribution is -2.32. The number of nitrogens with zero attached hydrogens (tertiary/aromatic N) is 2. The third-order valence-corrected chi connectivity index (χ3v) is 3.37. The molecule has 1 aliphatic rings. The molecular weight excluding hydrogens is 316 g/mol. The number of carbonyl (C=O) groups is 2. The predicted molar refractivity (Wildman–Crippen MR) is 68.6 cm³/mol. The first-order chi connectivity index (χ1) is 10.9. The van der Waals surface area contributed by atoms with Crippen molar-refractivity contribution < 1.29 is 27.2 Å². The lowest BCUT2D eigenvalue weighted by Gasteiger charge is -2.17. The standard InChI is InChI=1S/C15H4F4N2O2/c16-9-8(5-20)10(17)12(19)13(11(9)18)21-14(22)6-3-1-2-4-7(6)15(21)23/h1-4H.